The van der Waals surface area contributed by atoms with Crippen LogP contribution in [0.4, 0.5) is 5.69 Å². The summed E-state index contributed by atoms with van der Waals surface area (Å²) in [5.74, 6) is -0.0309. The van der Waals surface area contributed by atoms with Crippen molar-refractivity contribution >= 4 is 22.9 Å². The second-order valence-corrected chi connectivity index (χ2v) is 5.90. The summed E-state index contributed by atoms with van der Waals surface area (Å²) in [5.41, 5.74) is 3.51. The fraction of sp³-hybridized carbons (Fsp3) is 0.312. The van der Waals surface area contributed by atoms with Crippen molar-refractivity contribution in [2.75, 3.05) is 5.32 Å². The topological polar surface area (TPSA) is 41.1 Å². The lowest BCUT2D eigenvalue weighted by Gasteiger charge is -2.16. The Morgan fingerprint density at radius 2 is 2.05 bits per heavy atom. The quantitative estimate of drug-likeness (QED) is 0.877. The molecule has 0 fully saturated rings. The Bertz CT molecular complexity index is 592. The van der Waals surface area contributed by atoms with Gasteiger partial charge in [0.2, 0.25) is 5.91 Å². The highest BCUT2D eigenvalue weighted by molar-refractivity contribution is 7.10. The summed E-state index contributed by atoms with van der Waals surface area (Å²) in [4.78, 5) is 12.3. The van der Waals surface area contributed by atoms with Gasteiger partial charge in [-0.3, -0.25) is 4.79 Å². The first-order valence-corrected chi connectivity index (χ1v) is 7.58. The second kappa shape index (κ2) is 6.68. The van der Waals surface area contributed by atoms with Crippen molar-refractivity contribution in [2.45, 2.75) is 33.4 Å². The molecule has 2 rings (SSSR count). The molecule has 20 heavy (non-hydrogen) atoms. The van der Waals surface area contributed by atoms with Gasteiger partial charge in [-0.05, 0) is 36.4 Å². The average Bonchev–Trinajstić information content (AvgIpc) is 2.83. The molecule has 0 aliphatic heterocycles. The van der Waals surface area contributed by atoms with Gasteiger partial charge in [0.25, 0.3) is 0 Å². The molecule has 1 amide bonds. The monoisotopic (exact) mass is 288 g/mol. The number of nitrogens with one attached hydrogen (secondary N) is 2. The molecule has 0 spiro atoms. The normalized spacial score (nSPS) is 12.2. The Morgan fingerprint density at radius 3 is 2.75 bits per heavy atom. The molecule has 2 aromatic rings. The van der Waals surface area contributed by atoms with E-state index in [0.29, 0.717) is 0 Å². The van der Waals surface area contributed by atoms with Crippen molar-refractivity contribution in [3.05, 3.63) is 51.7 Å². The second-order valence-electron chi connectivity index (χ2n) is 4.90. The van der Waals surface area contributed by atoms with E-state index in [-0.39, 0.29) is 11.9 Å². The summed E-state index contributed by atoms with van der Waals surface area (Å²) < 4.78 is 0. The van der Waals surface area contributed by atoms with Gasteiger partial charge >= 0.3 is 0 Å². The van der Waals surface area contributed by atoms with E-state index in [1.165, 1.54) is 18.1 Å². The van der Waals surface area contributed by atoms with E-state index in [0.717, 1.165) is 17.1 Å². The van der Waals surface area contributed by atoms with Gasteiger partial charge < -0.3 is 10.6 Å². The summed E-state index contributed by atoms with van der Waals surface area (Å²) in [5, 5.41) is 8.38. The van der Waals surface area contributed by atoms with Gasteiger partial charge in [0, 0.05) is 24.4 Å². The molecule has 106 valence electrons. The largest absolute Gasteiger partial charge is 0.325 e. The van der Waals surface area contributed by atoms with Crippen LogP contribution in [0.1, 0.15) is 35.9 Å². The Labute approximate surface area is 124 Å². The predicted molar refractivity (Wildman–Crippen MR) is 85.1 cm³/mol. The van der Waals surface area contributed by atoms with E-state index in [1.807, 2.05) is 11.4 Å². The number of carbonyl (C=O) groups excluding carboxylic acids is 1. The number of aryl methyl sites for hydroxylation is 1. The molecule has 0 bridgehead atoms. The Hall–Kier alpha value is -1.65. The van der Waals surface area contributed by atoms with Crippen molar-refractivity contribution < 1.29 is 4.79 Å². The van der Waals surface area contributed by atoms with Crippen molar-refractivity contribution in [3.8, 4) is 0 Å². The SMILES string of the molecule is CC(=O)Nc1ccsc1CN[C@@H](C)c1ccccc1C. The number of hydrogen-bond donors (Lipinski definition) is 2. The number of thiophene rings is 1. The van der Waals surface area contributed by atoms with Crippen LogP contribution >= 0.6 is 11.3 Å². The lowest BCUT2D eigenvalue weighted by molar-refractivity contribution is -0.114. The maximum absolute atomic E-state index is 11.1. The molecule has 0 saturated carbocycles. The summed E-state index contributed by atoms with van der Waals surface area (Å²) in [6.45, 7) is 6.57. The lowest BCUT2D eigenvalue weighted by atomic mass is 10.0. The highest BCUT2D eigenvalue weighted by Gasteiger charge is 2.10. The molecule has 0 aliphatic carbocycles. The van der Waals surface area contributed by atoms with Crippen molar-refractivity contribution in [2.24, 2.45) is 0 Å². The average molecular weight is 288 g/mol. The molecule has 0 saturated heterocycles. The van der Waals surface area contributed by atoms with Crippen LogP contribution in [-0.4, -0.2) is 5.91 Å². The fourth-order valence-corrected chi connectivity index (χ4v) is 2.99. The number of anilines is 1. The van der Waals surface area contributed by atoms with Crippen LogP contribution < -0.4 is 10.6 Å². The molecular formula is C16H20N2OS. The van der Waals surface area contributed by atoms with Crippen LogP contribution in [0.3, 0.4) is 0 Å². The first-order valence-electron chi connectivity index (χ1n) is 6.71. The van der Waals surface area contributed by atoms with Gasteiger partial charge in [-0.25, -0.2) is 0 Å². The summed E-state index contributed by atoms with van der Waals surface area (Å²) in [6, 6.07) is 10.6. The van der Waals surface area contributed by atoms with Gasteiger partial charge in [-0.2, -0.15) is 0 Å². The Kier molecular flexibility index (Phi) is 4.93. The molecule has 0 radical (unpaired) electrons. The number of benzene rings is 1. The number of rotatable bonds is 5. The van der Waals surface area contributed by atoms with Crippen LogP contribution in [0.2, 0.25) is 0 Å². The standard InChI is InChI=1S/C16H20N2OS/c1-11-6-4-5-7-14(11)12(2)17-10-16-15(8-9-20-16)18-13(3)19/h4-9,12,17H,10H2,1-3H3,(H,18,19)/t12-/m0/s1. The summed E-state index contributed by atoms with van der Waals surface area (Å²) in [6.07, 6.45) is 0. The zero-order valence-corrected chi connectivity index (χ0v) is 12.9. The Balaban J connectivity index is 2.00. The molecular weight excluding hydrogens is 268 g/mol. The zero-order chi connectivity index (χ0) is 14.5. The maximum Gasteiger partial charge on any atom is 0.221 e. The third-order valence-electron chi connectivity index (χ3n) is 3.28. The van der Waals surface area contributed by atoms with E-state index >= 15 is 0 Å². The molecule has 0 aliphatic rings. The Morgan fingerprint density at radius 1 is 1.30 bits per heavy atom. The molecule has 4 heteroatoms. The van der Waals surface area contributed by atoms with E-state index in [2.05, 4.69) is 48.7 Å². The van der Waals surface area contributed by atoms with Crippen LogP contribution in [0, 0.1) is 6.92 Å². The highest BCUT2D eigenvalue weighted by Crippen LogP contribution is 2.24. The van der Waals surface area contributed by atoms with Crippen LogP contribution in [0.5, 0.6) is 0 Å². The van der Waals surface area contributed by atoms with E-state index in [1.54, 1.807) is 11.3 Å². The maximum atomic E-state index is 11.1. The van der Waals surface area contributed by atoms with Gasteiger partial charge in [-0.15, -0.1) is 11.3 Å². The van der Waals surface area contributed by atoms with Crippen LogP contribution in [-0.2, 0) is 11.3 Å². The number of amides is 1. The van der Waals surface area contributed by atoms with Crippen molar-refractivity contribution in [3.63, 3.8) is 0 Å². The van der Waals surface area contributed by atoms with Gasteiger partial charge in [0.05, 0.1) is 5.69 Å². The smallest absolute Gasteiger partial charge is 0.221 e. The first-order chi connectivity index (χ1) is 9.58. The van der Waals surface area contributed by atoms with Crippen molar-refractivity contribution in [1.29, 1.82) is 0 Å². The van der Waals surface area contributed by atoms with Crippen LogP contribution in [0.25, 0.3) is 0 Å². The van der Waals surface area contributed by atoms with Gasteiger partial charge in [-0.1, -0.05) is 24.3 Å². The molecule has 1 heterocycles. The number of carbonyl (C=O) groups is 1. The minimum absolute atomic E-state index is 0.0309. The fourth-order valence-electron chi connectivity index (χ4n) is 2.21. The molecule has 1 aromatic carbocycles. The molecule has 2 N–H and O–H groups in total. The van der Waals surface area contributed by atoms with E-state index in [4.69, 9.17) is 0 Å². The highest BCUT2D eigenvalue weighted by atomic mass is 32.1. The van der Waals surface area contributed by atoms with Crippen molar-refractivity contribution in [1.82, 2.24) is 5.32 Å². The van der Waals surface area contributed by atoms with Crippen LogP contribution in [0.15, 0.2) is 35.7 Å². The van der Waals surface area contributed by atoms with E-state index < -0.39 is 0 Å². The molecule has 1 atom stereocenters. The zero-order valence-electron chi connectivity index (χ0n) is 12.1. The summed E-state index contributed by atoms with van der Waals surface area (Å²) >= 11 is 1.66. The number of hydrogen-bond acceptors (Lipinski definition) is 3. The van der Waals surface area contributed by atoms with E-state index in [9.17, 15) is 4.79 Å². The summed E-state index contributed by atoms with van der Waals surface area (Å²) in [7, 11) is 0. The minimum atomic E-state index is -0.0309. The molecule has 1 aromatic heterocycles. The van der Waals surface area contributed by atoms with Gasteiger partial charge in [0.15, 0.2) is 0 Å². The minimum Gasteiger partial charge on any atom is -0.325 e. The first kappa shape index (κ1) is 14.8. The lowest BCUT2D eigenvalue weighted by Crippen LogP contribution is -2.19. The molecule has 0 unspecified atom stereocenters. The third kappa shape index (κ3) is 3.68. The molecule has 3 nitrogen and oxygen atoms in total. The predicted octanol–water partition coefficient (Wildman–Crippen LogP) is 3.87. The third-order valence-corrected chi connectivity index (χ3v) is 4.20. The van der Waals surface area contributed by atoms with Gasteiger partial charge in [0.1, 0.15) is 0 Å².